The molecule has 0 bridgehead atoms. The van der Waals surface area contributed by atoms with E-state index in [0.29, 0.717) is 13.2 Å². The van der Waals surface area contributed by atoms with Crippen LogP contribution in [0.15, 0.2) is 6.20 Å². The van der Waals surface area contributed by atoms with Gasteiger partial charge in [0.2, 0.25) is 5.88 Å². The third kappa shape index (κ3) is 4.26. The zero-order valence-electron chi connectivity index (χ0n) is 18.2. The molecule has 2 fully saturated rings. The Morgan fingerprint density at radius 1 is 1.32 bits per heavy atom. The molecule has 1 saturated carbocycles. The molecular formula is C23H28Cl2N2O4. The number of fused-ring (bicyclic) bond motifs is 1. The second kappa shape index (κ2) is 8.78. The third-order valence-corrected chi connectivity index (χ3v) is 7.61. The van der Waals surface area contributed by atoms with Crippen molar-refractivity contribution in [2.75, 3.05) is 46.1 Å². The molecule has 0 aromatic carbocycles. The highest BCUT2D eigenvalue weighted by atomic mass is 35.5. The lowest BCUT2D eigenvalue weighted by molar-refractivity contribution is 0.0317. The smallest absolute Gasteiger partial charge is 0.341 e. The Morgan fingerprint density at radius 2 is 2.06 bits per heavy atom. The summed E-state index contributed by atoms with van der Waals surface area (Å²) in [6, 6.07) is 0. The number of rotatable bonds is 7. The Bertz CT molecular complexity index is 920. The second-order valence-corrected chi connectivity index (χ2v) is 9.97. The van der Waals surface area contributed by atoms with Gasteiger partial charge in [-0.15, -0.1) is 0 Å². The van der Waals surface area contributed by atoms with E-state index in [-0.39, 0.29) is 44.2 Å². The quantitative estimate of drug-likeness (QED) is 0.447. The maximum Gasteiger partial charge on any atom is 0.341 e. The van der Waals surface area contributed by atoms with Gasteiger partial charge in [0.1, 0.15) is 17.2 Å². The average molecular weight is 467 g/mol. The molecule has 0 spiro atoms. The fraction of sp³-hybridized carbons (Fsp3) is 0.652. The monoisotopic (exact) mass is 466 g/mol. The maximum atomic E-state index is 12.9. The van der Waals surface area contributed by atoms with Crippen LogP contribution in [0.1, 0.15) is 37.6 Å². The standard InChI is InChI=1S/C23H28Cl2N2O4/c1-15-4-5-17-22(2,3)23(17,12-15)14-31-21(28)18-16(24)13-26-20(19(18)25)30-11-8-27-6-9-29-10-7-27/h13,15,17H,6-12,14H2,1-3H3. The van der Waals surface area contributed by atoms with Gasteiger partial charge in [0.15, 0.2) is 0 Å². The number of nitrogens with zero attached hydrogens (tertiary/aromatic N) is 2. The largest absolute Gasteiger partial charge is 0.475 e. The van der Waals surface area contributed by atoms with E-state index in [9.17, 15) is 4.79 Å². The average Bonchev–Trinajstić information content (AvgIpc) is 3.23. The van der Waals surface area contributed by atoms with Crippen molar-refractivity contribution in [3.05, 3.63) is 21.8 Å². The number of ether oxygens (including phenoxy) is 3. The van der Waals surface area contributed by atoms with Gasteiger partial charge in [-0.3, -0.25) is 4.90 Å². The summed E-state index contributed by atoms with van der Waals surface area (Å²) < 4.78 is 16.8. The summed E-state index contributed by atoms with van der Waals surface area (Å²) >= 11 is 12.7. The fourth-order valence-electron chi connectivity index (χ4n) is 4.89. The summed E-state index contributed by atoms with van der Waals surface area (Å²) in [7, 11) is 0. The van der Waals surface area contributed by atoms with Gasteiger partial charge in [0, 0.05) is 36.9 Å². The molecule has 2 heterocycles. The van der Waals surface area contributed by atoms with E-state index in [0.717, 1.165) is 39.3 Å². The molecule has 3 unspecified atom stereocenters. The van der Waals surface area contributed by atoms with E-state index in [4.69, 9.17) is 37.4 Å². The van der Waals surface area contributed by atoms with Crippen LogP contribution in [0.3, 0.4) is 0 Å². The Hall–Kier alpha value is -1.52. The van der Waals surface area contributed by atoms with Gasteiger partial charge >= 0.3 is 5.97 Å². The van der Waals surface area contributed by atoms with Crippen molar-refractivity contribution in [2.24, 2.45) is 22.7 Å². The van der Waals surface area contributed by atoms with Crippen LogP contribution < -0.4 is 4.74 Å². The predicted octanol–water partition coefficient (Wildman–Crippen LogP) is 3.94. The van der Waals surface area contributed by atoms with Gasteiger partial charge in [-0.1, -0.05) is 55.8 Å². The Labute approximate surface area is 193 Å². The number of halogens is 2. The first kappa shape index (κ1) is 22.7. The van der Waals surface area contributed by atoms with Crippen LogP contribution >= 0.6 is 23.2 Å². The number of hydrogen-bond donors (Lipinski definition) is 0. The molecular weight excluding hydrogens is 439 g/mol. The van der Waals surface area contributed by atoms with E-state index in [1.807, 2.05) is 0 Å². The highest BCUT2D eigenvalue weighted by Crippen LogP contribution is 2.72. The summed E-state index contributed by atoms with van der Waals surface area (Å²) in [6.07, 6.45) is 2.29. The van der Waals surface area contributed by atoms with E-state index in [2.05, 4.69) is 42.5 Å². The minimum Gasteiger partial charge on any atom is -0.475 e. The molecule has 4 rings (SSSR count). The molecule has 8 heteroatoms. The molecule has 1 aromatic rings. The van der Waals surface area contributed by atoms with Gasteiger partial charge in [0.25, 0.3) is 0 Å². The van der Waals surface area contributed by atoms with E-state index >= 15 is 0 Å². The van der Waals surface area contributed by atoms with Crippen molar-refractivity contribution in [1.29, 1.82) is 0 Å². The Kier molecular flexibility index (Phi) is 6.42. The number of hydrogen-bond acceptors (Lipinski definition) is 6. The first-order chi connectivity index (χ1) is 14.8. The van der Waals surface area contributed by atoms with E-state index < -0.39 is 5.97 Å². The molecule has 6 nitrogen and oxygen atoms in total. The molecule has 1 saturated heterocycles. The molecule has 1 aromatic heterocycles. The van der Waals surface area contributed by atoms with Crippen molar-refractivity contribution in [1.82, 2.24) is 9.88 Å². The van der Waals surface area contributed by atoms with Crippen molar-refractivity contribution in [3.8, 4) is 17.7 Å². The zero-order chi connectivity index (χ0) is 22.2. The molecule has 0 amide bonds. The van der Waals surface area contributed by atoms with Crippen LogP contribution in [0.2, 0.25) is 10.0 Å². The van der Waals surface area contributed by atoms with Gasteiger partial charge in [0.05, 0.1) is 31.0 Å². The normalized spacial score (nSPS) is 28.8. The molecule has 3 aliphatic rings. The predicted molar refractivity (Wildman–Crippen MR) is 119 cm³/mol. The van der Waals surface area contributed by atoms with E-state index in [1.165, 1.54) is 6.20 Å². The van der Waals surface area contributed by atoms with Crippen LogP contribution in [0, 0.1) is 34.5 Å². The van der Waals surface area contributed by atoms with Crippen LogP contribution in [0.25, 0.3) is 0 Å². The second-order valence-electron chi connectivity index (χ2n) is 9.18. The lowest BCUT2D eigenvalue weighted by Crippen LogP contribution is -2.38. The summed E-state index contributed by atoms with van der Waals surface area (Å²) in [5.41, 5.74) is 0.00240. The van der Waals surface area contributed by atoms with Gasteiger partial charge in [-0.2, -0.15) is 0 Å². The topological polar surface area (TPSA) is 60.9 Å². The highest BCUT2D eigenvalue weighted by molar-refractivity contribution is 6.39. The number of carbonyl (C=O) groups is 1. The molecule has 2 aliphatic carbocycles. The Balaban J connectivity index is 1.40. The van der Waals surface area contributed by atoms with Crippen LogP contribution in [-0.2, 0) is 9.47 Å². The number of pyridine rings is 1. The summed E-state index contributed by atoms with van der Waals surface area (Å²) in [4.78, 5) is 19.3. The molecule has 3 atom stereocenters. The van der Waals surface area contributed by atoms with Gasteiger partial charge < -0.3 is 14.2 Å². The maximum absolute atomic E-state index is 12.9. The summed E-state index contributed by atoms with van der Waals surface area (Å²) in [5.74, 6) is 6.78. The Morgan fingerprint density at radius 3 is 2.81 bits per heavy atom. The molecule has 1 aliphatic heterocycles. The lowest BCUT2D eigenvalue weighted by atomic mass is 9.85. The molecule has 0 radical (unpaired) electrons. The molecule has 31 heavy (non-hydrogen) atoms. The van der Waals surface area contributed by atoms with Crippen molar-refractivity contribution in [3.63, 3.8) is 0 Å². The highest BCUT2D eigenvalue weighted by Gasteiger charge is 2.71. The third-order valence-electron chi connectivity index (χ3n) is 6.97. The summed E-state index contributed by atoms with van der Waals surface area (Å²) in [5, 5.41) is 0.233. The minimum atomic E-state index is -0.558. The number of aromatic nitrogens is 1. The first-order valence-corrected chi connectivity index (χ1v) is 11.5. The first-order valence-electron chi connectivity index (χ1n) is 10.7. The van der Waals surface area contributed by atoms with Crippen LogP contribution in [0.4, 0.5) is 0 Å². The molecule has 168 valence electrons. The van der Waals surface area contributed by atoms with Crippen LogP contribution in [-0.4, -0.2) is 61.9 Å². The van der Waals surface area contributed by atoms with Gasteiger partial charge in [-0.25, -0.2) is 9.78 Å². The van der Waals surface area contributed by atoms with Crippen LogP contribution in [0.5, 0.6) is 5.88 Å². The fourth-order valence-corrected chi connectivity index (χ4v) is 5.44. The lowest BCUT2D eigenvalue weighted by Gasteiger charge is -2.26. The number of morpholine rings is 1. The minimum absolute atomic E-state index is 0.0185. The zero-order valence-corrected chi connectivity index (χ0v) is 19.7. The molecule has 0 N–H and O–H groups in total. The van der Waals surface area contributed by atoms with E-state index in [1.54, 1.807) is 0 Å². The van der Waals surface area contributed by atoms with Crippen molar-refractivity contribution >= 4 is 29.2 Å². The number of carbonyl (C=O) groups excluding carboxylic acids is 1. The van der Waals surface area contributed by atoms with Crippen molar-refractivity contribution in [2.45, 2.75) is 27.2 Å². The van der Waals surface area contributed by atoms with Crippen molar-refractivity contribution < 1.29 is 19.0 Å². The SMILES string of the molecule is CC1C#CC2C(C)(C)C2(COC(=O)c2c(Cl)cnc(OCCN3CCOCC3)c2Cl)C1. The summed E-state index contributed by atoms with van der Waals surface area (Å²) in [6.45, 7) is 11.1. The van der Waals surface area contributed by atoms with Gasteiger partial charge in [-0.05, 0) is 11.8 Å². The number of esters is 1.